The van der Waals surface area contributed by atoms with Crippen LogP contribution in [0.2, 0.25) is 0 Å². The van der Waals surface area contributed by atoms with Crippen LogP contribution in [-0.2, 0) is 16.3 Å². The number of hydrogen-bond acceptors (Lipinski definition) is 6. The normalized spacial score (nSPS) is 12.3. The van der Waals surface area contributed by atoms with Crippen LogP contribution in [-0.4, -0.2) is 24.6 Å². The minimum atomic E-state index is -3.55. The lowest BCUT2D eigenvalue weighted by Gasteiger charge is -2.20. The number of pyridine rings is 1. The maximum absolute atomic E-state index is 11.8. The van der Waals surface area contributed by atoms with Crippen LogP contribution in [0.25, 0.3) is 0 Å². The van der Waals surface area contributed by atoms with Gasteiger partial charge in [0, 0.05) is 18.5 Å². The Morgan fingerprint density at radius 1 is 1.10 bits per heavy atom. The van der Waals surface area contributed by atoms with Crippen molar-refractivity contribution in [3.05, 3.63) is 93.8 Å². The van der Waals surface area contributed by atoms with Gasteiger partial charge in [0.25, 0.3) is 5.69 Å². The third-order valence-electron chi connectivity index (χ3n) is 4.53. The molecule has 2 aromatic carbocycles. The van der Waals surface area contributed by atoms with Crippen LogP contribution < -0.4 is 5.32 Å². The Morgan fingerprint density at radius 3 is 2.41 bits per heavy atom. The molecule has 0 radical (unpaired) electrons. The first-order valence-corrected chi connectivity index (χ1v) is 10.8. The van der Waals surface area contributed by atoms with E-state index in [2.05, 4.69) is 10.3 Å². The summed E-state index contributed by atoms with van der Waals surface area (Å²) in [5, 5.41) is 14.8. The third-order valence-corrected chi connectivity index (χ3v) is 5.64. The summed E-state index contributed by atoms with van der Waals surface area (Å²) < 4.78 is 23.6. The molecule has 1 heterocycles. The average Bonchev–Trinajstić information content (AvgIpc) is 2.69. The van der Waals surface area contributed by atoms with Gasteiger partial charge in [-0.05, 0) is 43.2 Å². The summed E-state index contributed by atoms with van der Waals surface area (Å²) >= 11 is 0. The summed E-state index contributed by atoms with van der Waals surface area (Å²) in [6.07, 6.45) is 3.25. The van der Waals surface area contributed by atoms with Crippen molar-refractivity contribution >= 4 is 21.2 Å². The van der Waals surface area contributed by atoms with E-state index in [1.165, 1.54) is 12.1 Å². The molecule has 7 nitrogen and oxygen atoms in total. The zero-order valence-electron chi connectivity index (χ0n) is 16.1. The van der Waals surface area contributed by atoms with E-state index in [1.807, 2.05) is 43.3 Å². The number of hydrogen-bond donors (Lipinski definition) is 1. The molecule has 1 aromatic heterocycles. The van der Waals surface area contributed by atoms with Crippen molar-refractivity contribution in [3.8, 4) is 0 Å². The highest BCUT2D eigenvalue weighted by Gasteiger charge is 2.22. The molecule has 150 valence electrons. The van der Waals surface area contributed by atoms with E-state index >= 15 is 0 Å². The van der Waals surface area contributed by atoms with Gasteiger partial charge in [-0.15, -0.1) is 0 Å². The monoisotopic (exact) mass is 411 g/mol. The average molecular weight is 411 g/mol. The lowest BCUT2D eigenvalue weighted by atomic mass is 10.0. The fourth-order valence-electron chi connectivity index (χ4n) is 2.97. The van der Waals surface area contributed by atoms with Gasteiger partial charge in [-0.2, -0.15) is 0 Å². The van der Waals surface area contributed by atoms with Gasteiger partial charge in [-0.25, -0.2) is 8.42 Å². The first-order chi connectivity index (χ1) is 13.7. The summed E-state index contributed by atoms with van der Waals surface area (Å²) in [5.41, 5.74) is 2.87. The highest BCUT2D eigenvalue weighted by Crippen LogP contribution is 2.31. The van der Waals surface area contributed by atoms with Crippen LogP contribution in [0.5, 0.6) is 0 Å². The minimum Gasteiger partial charge on any atom is -0.371 e. The smallest absolute Gasteiger partial charge is 0.293 e. The van der Waals surface area contributed by atoms with Crippen molar-refractivity contribution in [3.63, 3.8) is 0 Å². The van der Waals surface area contributed by atoms with Gasteiger partial charge in [-0.3, -0.25) is 15.1 Å². The van der Waals surface area contributed by atoms with Crippen molar-refractivity contribution in [1.82, 2.24) is 4.98 Å². The number of rotatable bonds is 7. The Labute approximate surface area is 169 Å². The van der Waals surface area contributed by atoms with Crippen LogP contribution in [0.1, 0.15) is 22.9 Å². The number of benzene rings is 2. The Hall–Kier alpha value is -3.26. The molecule has 0 spiro atoms. The standard InChI is InChI=1S/C21H21N3O4S/c1-15-6-8-16(9-7-15)13-20(18-5-3-4-12-22-18)23-19-11-10-17(29(2,27)28)14-21(19)24(25)26/h3-12,14,20,23H,13H2,1-2H3. The molecule has 0 aliphatic carbocycles. The van der Waals surface area contributed by atoms with E-state index < -0.39 is 14.8 Å². The van der Waals surface area contributed by atoms with Crippen LogP contribution in [0.3, 0.4) is 0 Å². The van der Waals surface area contributed by atoms with Gasteiger partial charge in [0.15, 0.2) is 9.84 Å². The highest BCUT2D eigenvalue weighted by atomic mass is 32.2. The van der Waals surface area contributed by atoms with Crippen molar-refractivity contribution in [2.45, 2.75) is 24.3 Å². The summed E-state index contributed by atoms with van der Waals surface area (Å²) in [7, 11) is -3.55. The summed E-state index contributed by atoms with van der Waals surface area (Å²) in [6.45, 7) is 2.00. The maximum atomic E-state index is 11.8. The zero-order valence-corrected chi connectivity index (χ0v) is 16.9. The third kappa shape index (κ3) is 5.17. The number of anilines is 1. The molecule has 3 aromatic rings. The Kier molecular flexibility index (Phi) is 5.93. The molecule has 1 unspecified atom stereocenters. The Morgan fingerprint density at radius 2 is 1.83 bits per heavy atom. The van der Waals surface area contributed by atoms with E-state index in [0.29, 0.717) is 6.42 Å². The Balaban J connectivity index is 1.99. The zero-order chi connectivity index (χ0) is 21.0. The molecule has 1 atom stereocenters. The molecule has 0 saturated heterocycles. The lowest BCUT2D eigenvalue weighted by Crippen LogP contribution is -2.16. The fraction of sp³-hybridized carbons (Fsp3) is 0.190. The summed E-state index contributed by atoms with van der Waals surface area (Å²) in [4.78, 5) is 15.3. The number of sulfone groups is 1. The lowest BCUT2D eigenvalue weighted by molar-refractivity contribution is -0.384. The molecule has 8 heteroatoms. The van der Waals surface area contributed by atoms with Crippen LogP contribution in [0, 0.1) is 17.0 Å². The number of nitro groups is 1. The van der Waals surface area contributed by atoms with E-state index in [0.717, 1.165) is 29.1 Å². The van der Waals surface area contributed by atoms with Gasteiger partial charge in [-0.1, -0.05) is 35.9 Å². The molecule has 0 bridgehead atoms. The fourth-order valence-corrected chi connectivity index (χ4v) is 3.62. The molecular weight excluding hydrogens is 390 g/mol. The molecule has 3 rings (SSSR count). The summed E-state index contributed by atoms with van der Waals surface area (Å²) in [5.74, 6) is 0. The predicted octanol–water partition coefficient (Wildman–Crippen LogP) is 4.10. The molecule has 0 aliphatic heterocycles. The van der Waals surface area contributed by atoms with Crippen LogP contribution in [0.15, 0.2) is 71.8 Å². The maximum Gasteiger partial charge on any atom is 0.293 e. The van der Waals surface area contributed by atoms with Gasteiger partial charge in [0.1, 0.15) is 5.69 Å². The van der Waals surface area contributed by atoms with E-state index in [9.17, 15) is 18.5 Å². The number of nitrogens with one attached hydrogen (secondary N) is 1. The van der Waals surface area contributed by atoms with Crippen molar-refractivity contribution in [2.75, 3.05) is 11.6 Å². The second-order valence-electron chi connectivity index (χ2n) is 6.85. The number of nitro benzene ring substituents is 1. The van der Waals surface area contributed by atoms with E-state index in [-0.39, 0.29) is 22.3 Å². The predicted molar refractivity (Wildman–Crippen MR) is 112 cm³/mol. The highest BCUT2D eigenvalue weighted by molar-refractivity contribution is 7.90. The molecular formula is C21H21N3O4S. The molecule has 0 amide bonds. The first-order valence-electron chi connectivity index (χ1n) is 8.95. The molecule has 0 saturated carbocycles. The van der Waals surface area contributed by atoms with E-state index in [1.54, 1.807) is 12.3 Å². The molecule has 29 heavy (non-hydrogen) atoms. The van der Waals surface area contributed by atoms with Crippen LogP contribution >= 0.6 is 0 Å². The van der Waals surface area contributed by atoms with Crippen molar-refractivity contribution in [2.24, 2.45) is 0 Å². The van der Waals surface area contributed by atoms with Crippen molar-refractivity contribution in [1.29, 1.82) is 0 Å². The topological polar surface area (TPSA) is 102 Å². The van der Waals surface area contributed by atoms with Gasteiger partial charge >= 0.3 is 0 Å². The van der Waals surface area contributed by atoms with E-state index in [4.69, 9.17) is 0 Å². The minimum absolute atomic E-state index is 0.0947. The first kappa shape index (κ1) is 20.5. The number of aryl methyl sites for hydroxylation is 1. The molecule has 1 N–H and O–H groups in total. The number of nitrogens with zero attached hydrogens (tertiary/aromatic N) is 2. The second-order valence-corrected chi connectivity index (χ2v) is 8.87. The number of aromatic nitrogens is 1. The Bertz CT molecular complexity index is 1110. The molecule has 0 aliphatic rings. The van der Waals surface area contributed by atoms with Gasteiger partial charge in [0.05, 0.1) is 21.6 Å². The quantitative estimate of drug-likeness (QED) is 0.464. The van der Waals surface area contributed by atoms with Gasteiger partial charge in [0.2, 0.25) is 0 Å². The van der Waals surface area contributed by atoms with Crippen molar-refractivity contribution < 1.29 is 13.3 Å². The SMILES string of the molecule is Cc1ccc(CC(Nc2ccc(S(C)(=O)=O)cc2[N+](=O)[O-])c2ccccn2)cc1. The van der Waals surface area contributed by atoms with Crippen LogP contribution in [0.4, 0.5) is 11.4 Å². The van der Waals surface area contributed by atoms with Gasteiger partial charge < -0.3 is 5.32 Å². The molecule has 0 fully saturated rings. The summed E-state index contributed by atoms with van der Waals surface area (Å²) in [6, 6.07) is 17.1. The largest absolute Gasteiger partial charge is 0.371 e. The second kappa shape index (κ2) is 8.40.